The average molecular weight is 488 g/mol. The maximum Gasteiger partial charge on any atom is 0.355 e. The summed E-state index contributed by atoms with van der Waals surface area (Å²) in [5, 5.41) is 0. The van der Waals surface area contributed by atoms with Crippen molar-refractivity contribution in [2.75, 3.05) is 20.8 Å². The van der Waals surface area contributed by atoms with Crippen molar-refractivity contribution in [1.82, 2.24) is 4.31 Å². The van der Waals surface area contributed by atoms with Crippen LogP contribution in [0.25, 0.3) is 0 Å². The summed E-state index contributed by atoms with van der Waals surface area (Å²) in [6, 6.07) is 13.0. The number of sulfonamides is 1. The summed E-state index contributed by atoms with van der Waals surface area (Å²) >= 11 is 0. The molecule has 0 fully saturated rings. The Morgan fingerprint density at radius 2 is 1.65 bits per heavy atom. The number of carbonyl (C=O) groups excluding carboxylic acids is 2. The zero-order valence-corrected chi connectivity index (χ0v) is 20.7. The number of carbonyl (C=O) groups is 2. The first-order chi connectivity index (χ1) is 16.1. The topological polar surface area (TPSA) is 99.2 Å². The third-order valence-electron chi connectivity index (χ3n) is 5.60. The molecule has 0 bridgehead atoms. The molecule has 0 saturated heterocycles. The van der Waals surface area contributed by atoms with Gasteiger partial charge >= 0.3 is 5.97 Å². The number of nitrogens with zero attached hydrogens (tertiary/aromatic N) is 1. The van der Waals surface area contributed by atoms with Gasteiger partial charge in [0.25, 0.3) is 10.0 Å². The molecule has 0 spiro atoms. The lowest BCUT2D eigenvalue weighted by molar-refractivity contribution is -0.144. The maximum atomic E-state index is 13.6. The molecule has 0 aliphatic carbocycles. The van der Waals surface area contributed by atoms with Crippen molar-refractivity contribution in [3.05, 3.63) is 65.9 Å². The van der Waals surface area contributed by atoms with Crippen molar-refractivity contribution in [2.24, 2.45) is 5.92 Å². The lowest BCUT2D eigenvalue weighted by Gasteiger charge is -2.37. The van der Waals surface area contributed by atoms with Gasteiger partial charge < -0.3 is 14.2 Å². The number of ether oxygens (including phenoxy) is 3. The van der Waals surface area contributed by atoms with Crippen LogP contribution in [0.5, 0.6) is 11.5 Å². The molecule has 9 heteroatoms. The zero-order valence-electron chi connectivity index (χ0n) is 19.8. The van der Waals surface area contributed by atoms with E-state index < -0.39 is 33.9 Å². The number of allylic oxidation sites excluding steroid dienone is 1. The van der Waals surface area contributed by atoms with Crippen molar-refractivity contribution >= 4 is 21.8 Å². The van der Waals surface area contributed by atoms with Crippen LogP contribution >= 0.6 is 0 Å². The van der Waals surface area contributed by atoms with E-state index in [2.05, 4.69) is 0 Å². The van der Waals surface area contributed by atoms with Crippen molar-refractivity contribution in [1.29, 1.82) is 0 Å². The van der Waals surface area contributed by atoms with Crippen LogP contribution in [0.4, 0.5) is 0 Å². The van der Waals surface area contributed by atoms with Crippen LogP contribution in [0.2, 0.25) is 0 Å². The Hall–Kier alpha value is -3.33. The summed E-state index contributed by atoms with van der Waals surface area (Å²) in [5.41, 5.74) is 0.603. The number of ketones is 1. The van der Waals surface area contributed by atoms with Crippen molar-refractivity contribution in [3.63, 3.8) is 0 Å². The van der Waals surface area contributed by atoms with Gasteiger partial charge in [0, 0.05) is 18.4 Å². The van der Waals surface area contributed by atoms with E-state index in [1.54, 1.807) is 32.0 Å². The molecule has 2 atom stereocenters. The van der Waals surface area contributed by atoms with E-state index >= 15 is 0 Å². The number of hydrogen-bond donors (Lipinski definition) is 0. The summed E-state index contributed by atoms with van der Waals surface area (Å²) in [4.78, 5) is 25.7. The summed E-state index contributed by atoms with van der Waals surface area (Å²) in [7, 11) is -1.16. The van der Waals surface area contributed by atoms with Gasteiger partial charge in [-0.05, 0) is 68.8 Å². The van der Waals surface area contributed by atoms with E-state index in [1.807, 2.05) is 6.07 Å². The van der Waals surface area contributed by atoms with Crippen LogP contribution in [0.15, 0.2) is 65.2 Å². The second-order valence-corrected chi connectivity index (χ2v) is 10.1. The van der Waals surface area contributed by atoms with Crippen molar-refractivity contribution in [2.45, 2.75) is 37.7 Å². The summed E-state index contributed by atoms with van der Waals surface area (Å²) in [6.07, 6.45) is 1.05. The predicted octanol–water partition coefficient (Wildman–Crippen LogP) is 3.53. The number of rotatable bonds is 8. The van der Waals surface area contributed by atoms with Gasteiger partial charge in [0.15, 0.2) is 0 Å². The zero-order chi connectivity index (χ0) is 25.0. The second-order valence-electron chi connectivity index (χ2n) is 8.24. The van der Waals surface area contributed by atoms with Crippen LogP contribution in [0.1, 0.15) is 32.3 Å². The lowest BCUT2D eigenvalue weighted by atomic mass is 9.81. The van der Waals surface area contributed by atoms with E-state index in [0.717, 1.165) is 9.87 Å². The van der Waals surface area contributed by atoms with Crippen LogP contribution in [-0.2, 0) is 24.3 Å². The highest BCUT2D eigenvalue weighted by molar-refractivity contribution is 7.89. The Kier molecular flexibility index (Phi) is 7.66. The average Bonchev–Trinajstić information content (AvgIpc) is 2.82. The van der Waals surface area contributed by atoms with E-state index in [9.17, 15) is 18.0 Å². The normalized spacial score (nSPS) is 18.3. The summed E-state index contributed by atoms with van der Waals surface area (Å²) < 4.78 is 44.0. The van der Waals surface area contributed by atoms with Crippen LogP contribution in [0, 0.1) is 5.92 Å². The Bertz CT molecular complexity index is 1190. The number of Topliss-reactive ketones (excluding diaryl/α,β-unsaturated/α-hetero) is 1. The van der Waals surface area contributed by atoms with Gasteiger partial charge in [0.2, 0.25) is 0 Å². The van der Waals surface area contributed by atoms with E-state index in [0.29, 0.717) is 11.5 Å². The molecule has 1 heterocycles. The molecule has 0 N–H and O–H groups in total. The molecule has 182 valence electrons. The van der Waals surface area contributed by atoms with Crippen LogP contribution in [-0.4, -0.2) is 51.3 Å². The molecule has 0 aromatic heterocycles. The lowest BCUT2D eigenvalue weighted by Crippen LogP contribution is -2.45. The summed E-state index contributed by atoms with van der Waals surface area (Å²) in [6.45, 7) is 4.58. The first kappa shape index (κ1) is 25.3. The molecule has 0 amide bonds. The van der Waals surface area contributed by atoms with Gasteiger partial charge in [-0.2, -0.15) is 0 Å². The molecular weight excluding hydrogens is 458 g/mol. The van der Waals surface area contributed by atoms with Gasteiger partial charge in [0.1, 0.15) is 23.0 Å². The summed E-state index contributed by atoms with van der Waals surface area (Å²) in [5.74, 6) is -1.14. The predicted molar refractivity (Wildman–Crippen MR) is 126 cm³/mol. The first-order valence-corrected chi connectivity index (χ1v) is 12.3. The molecule has 0 saturated carbocycles. The molecule has 2 aromatic rings. The molecule has 8 nitrogen and oxygen atoms in total. The SMILES string of the molecule is COc1ccc(S(=O)(=O)N2C[C@H](C(C)=O)[C@@H](c3cccc(OC)c3)C=C2C(=O)OC(C)C)cc1. The third kappa shape index (κ3) is 5.25. The maximum absolute atomic E-state index is 13.6. The highest BCUT2D eigenvalue weighted by atomic mass is 32.2. The van der Waals surface area contributed by atoms with Gasteiger partial charge in [-0.3, -0.25) is 9.10 Å². The number of methoxy groups -OCH3 is 2. The molecule has 3 rings (SSSR count). The van der Waals surface area contributed by atoms with Crippen molar-refractivity contribution < 1.29 is 32.2 Å². The Labute approximate surface area is 200 Å². The van der Waals surface area contributed by atoms with E-state index in [4.69, 9.17) is 14.2 Å². The smallest absolute Gasteiger partial charge is 0.355 e. The molecular formula is C25H29NO7S. The molecule has 0 unspecified atom stereocenters. The van der Waals surface area contributed by atoms with Gasteiger partial charge in [-0.25, -0.2) is 13.2 Å². The van der Waals surface area contributed by atoms with Gasteiger partial charge in [-0.1, -0.05) is 12.1 Å². The molecule has 0 radical (unpaired) electrons. The Balaban J connectivity index is 2.16. The fourth-order valence-corrected chi connectivity index (χ4v) is 5.35. The largest absolute Gasteiger partial charge is 0.497 e. The minimum absolute atomic E-state index is 0.0290. The molecule has 1 aliphatic rings. The molecule has 34 heavy (non-hydrogen) atoms. The quantitative estimate of drug-likeness (QED) is 0.525. The van der Waals surface area contributed by atoms with Crippen LogP contribution < -0.4 is 9.47 Å². The standard InChI is InChI=1S/C25H29NO7S/c1-16(2)33-25(28)24-14-22(18-7-6-8-20(13-18)32-5)23(17(3)27)15-26(24)34(29,30)21-11-9-19(31-4)10-12-21/h6-14,16,22-23H,15H2,1-5H3/t22-,23-/m1/s1. The number of esters is 1. The van der Waals surface area contributed by atoms with E-state index in [-0.39, 0.29) is 22.9 Å². The third-order valence-corrected chi connectivity index (χ3v) is 7.40. The highest BCUT2D eigenvalue weighted by Gasteiger charge is 2.41. The van der Waals surface area contributed by atoms with Gasteiger partial charge in [-0.15, -0.1) is 0 Å². The number of benzene rings is 2. The Morgan fingerprint density at radius 3 is 2.21 bits per heavy atom. The molecule has 2 aromatic carbocycles. The van der Waals surface area contributed by atoms with Crippen LogP contribution in [0.3, 0.4) is 0 Å². The van der Waals surface area contributed by atoms with Crippen molar-refractivity contribution in [3.8, 4) is 11.5 Å². The fourth-order valence-electron chi connectivity index (χ4n) is 3.87. The first-order valence-electron chi connectivity index (χ1n) is 10.8. The monoisotopic (exact) mass is 487 g/mol. The Morgan fingerprint density at radius 1 is 1.00 bits per heavy atom. The minimum atomic E-state index is -4.17. The fraction of sp³-hybridized carbons (Fsp3) is 0.360. The second kappa shape index (κ2) is 10.3. The van der Waals surface area contributed by atoms with E-state index in [1.165, 1.54) is 51.5 Å². The number of hydrogen-bond acceptors (Lipinski definition) is 7. The highest BCUT2D eigenvalue weighted by Crippen LogP contribution is 2.38. The van der Waals surface area contributed by atoms with Gasteiger partial charge in [0.05, 0.1) is 25.2 Å². The molecule has 1 aliphatic heterocycles. The minimum Gasteiger partial charge on any atom is -0.497 e.